The molecule has 1 rings (SSSR count). The summed E-state index contributed by atoms with van der Waals surface area (Å²) in [5, 5.41) is 0. The van der Waals surface area contributed by atoms with Crippen molar-refractivity contribution in [3.05, 3.63) is 29.3 Å². The van der Waals surface area contributed by atoms with E-state index in [1.807, 2.05) is 0 Å². The second kappa shape index (κ2) is 4.45. The van der Waals surface area contributed by atoms with E-state index in [1.165, 1.54) is 18.2 Å². The van der Waals surface area contributed by atoms with Gasteiger partial charge in [0.05, 0.1) is 12.2 Å². The smallest absolute Gasteiger partial charge is 0.252 e. The summed E-state index contributed by atoms with van der Waals surface area (Å²) in [5.74, 6) is -0.900. The molecule has 2 amide bonds. The van der Waals surface area contributed by atoms with Gasteiger partial charge in [-0.05, 0) is 25.1 Å². The summed E-state index contributed by atoms with van der Waals surface area (Å²) in [6, 6.07) is 4.27. The second-order valence-corrected chi connectivity index (χ2v) is 2.87. The first-order chi connectivity index (χ1) is 7.06. The normalized spacial score (nSPS) is 9.67. The van der Waals surface area contributed by atoms with Gasteiger partial charge in [0.1, 0.15) is 5.75 Å². The van der Waals surface area contributed by atoms with Crippen LogP contribution in [-0.2, 0) is 0 Å². The number of hydrogen-bond acceptors (Lipinski definition) is 3. The molecule has 1 aromatic carbocycles. The Morgan fingerprint density at radius 1 is 1.27 bits per heavy atom. The molecule has 0 unspecified atom stereocenters. The van der Waals surface area contributed by atoms with Crippen LogP contribution in [0, 0.1) is 0 Å². The highest BCUT2D eigenvalue weighted by atomic mass is 16.5. The summed E-state index contributed by atoms with van der Waals surface area (Å²) in [6.45, 7) is 2.14. The lowest BCUT2D eigenvalue weighted by atomic mass is 10.1. The van der Waals surface area contributed by atoms with Gasteiger partial charge < -0.3 is 16.2 Å². The molecule has 0 fully saturated rings. The van der Waals surface area contributed by atoms with E-state index < -0.39 is 11.8 Å². The minimum Gasteiger partial charge on any atom is -0.493 e. The zero-order chi connectivity index (χ0) is 11.4. The van der Waals surface area contributed by atoms with Gasteiger partial charge in [-0.25, -0.2) is 0 Å². The summed E-state index contributed by atoms with van der Waals surface area (Å²) in [7, 11) is 0. The van der Waals surface area contributed by atoms with Crippen LogP contribution in [0.15, 0.2) is 18.2 Å². The maximum Gasteiger partial charge on any atom is 0.252 e. The zero-order valence-corrected chi connectivity index (χ0v) is 8.32. The molecule has 0 spiro atoms. The molecule has 5 heteroatoms. The fourth-order valence-electron chi connectivity index (χ4n) is 1.15. The first-order valence-corrected chi connectivity index (χ1v) is 4.42. The van der Waals surface area contributed by atoms with Crippen molar-refractivity contribution in [1.82, 2.24) is 0 Å². The Morgan fingerprint density at radius 2 is 1.93 bits per heavy atom. The number of nitrogens with two attached hydrogens (primary N) is 2. The molecule has 0 heterocycles. The standard InChI is InChI=1S/C10H12N2O3/c1-2-15-8-5-6(9(11)13)3-4-7(8)10(12)14/h3-5H,2H2,1H3,(H2,11,13)(H2,12,14). The molecule has 0 aliphatic carbocycles. The van der Waals surface area contributed by atoms with Gasteiger partial charge in [0.2, 0.25) is 5.91 Å². The molecular weight excluding hydrogens is 196 g/mol. The molecular formula is C10H12N2O3. The highest BCUT2D eigenvalue weighted by Crippen LogP contribution is 2.19. The lowest BCUT2D eigenvalue weighted by molar-refractivity contribution is 0.0985. The molecule has 4 N–H and O–H groups in total. The van der Waals surface area contributed by atoms with E-state index in [1.54, 1.807) is 6.92 Å². The van der Waals surface area contributed by atoms with Crippen LogP contribution in [0.1, 0.15) is 27.6 Å². The zero-order valence-electron chi connectivity index (χ0n) is 8.32. The first kappa shape index (κ1) is 11.0. The molecule has 0 bridgehead atoms. The van der Waals surface area contributed by atoms with Gasteiger partial charge in [-0.3, -0.25) is 9.59 Å². The number of benzene rings is 1. The fourth-order valence-corrected chi connectivity index (χ4v) is 1.15. The average Bonchev–Trinajstić information content (AvgIpc) is 2.17. The van der Waals surface area contributed by atoms with E-state index >= 15 is 0 Å². The quantitative estimate of drug-likeness (QED) is 0.744. The maximum absolute atomic E-state index is 11.0. The number of primary amides is 2. The number of carbonyl (C=O) groups is 2. The minimum atomic E-state index is -0.602. The van der Waals surface area contributed by atoms with Crippen LogP contribution >= 0.6 is 0 Å². The SMILES string of the molecule is CCOc1cc(C(N)=O)ccc1C(N)=O. The number of amides is 2. The highest BCUT2D eigenvalue weighted by Gasteiger charge is 2.11. The van der Waals surface area contributed by atoms with Gasteiger partial charge in [-0.1, -0.05) is 0 Å². The molecule has 0 aliphatic heterocycles. The van der Waals surface area contributed by atoms with Crippen molar-refractivity contribution in [2.45, 2.75) is 6.92 Å². The Morgan fingerprint density at radius 3 is 2.40 bits per heavy atom. The molecule has 0 aromatic heterocycles. The summed E-state index contributed by atoms with van der Waals surface area (Å²) in [5.41, 5.74) is 10.7. The van der Waals surface area contributed by atoms with Gasteiger partial charge in [0.15, 0.2) is 0 Å². The maximum atomic E-state index is 11.0. The third-order valence-electron chi connectivity index (χ3n) is 1.83. The van der Waals surface area contributed by atoms with E-state index in [4.69, 9.17) is 16.2 Å². The lowest BCUT2D eigenvalue weighted by Crippen LogP contribution is -2.15. The Kier molecular flexibility index (Phi) is 3.28. The Bertz CT molecular complexity index is 402. The first-order valence-electron chi connectivity index (χ1n) is 4.42. The van der Waals surface area contributed by atoms with Gasteiger partial charge in [-0.2, -0.15) is 0 Å². The van der Waals surface area contributed by atoms with E-state index in [-0.39, 0.29) is 16.9 Å². The van der Waals surface area contributed by atoms with Crippen LogP contribution in [0.4, 0.5) is 0 Å². The topological polar surface area (TPSA) is 95.4 Å². The molecule has 0 saturated carbocycles. The molecule has 0 saturated heterocycles. The summed E-state index contributed by atoms with van der Waals surface area (Å²) in [6.07, 6.45) is 0. The lowest BCUT2D eigenvalue weighted by Gasteiger charge is -2.08. The Balaban J connectivity index is 3.20. The van der Waals surface area contributed by atoms with Gasteiger partial charge in [-0.15, -0.1) is 0 Å². The number of carbonyl (C=O) groups excluding carboxylic acids is 2. The van der Waals surface area contributed by atoms with E-state index in [9.17, 15) is 9.59 Å². The third-order valence-corrected chi connectivity index (χ3v) is 1.83. The third kappa shape index (κ3) is 2.46. The predicted octanol–water partition coefficient (Wildman–Crippen LogP) is 0.283. The van der Waals surface area contributed by atoms with Crippen LogP contribution in [0.5, 0.6) is 5.75 Å². The van der Waals surface area contributed by atoms with Crippen LogP contribution in [-0.4, -0.2) is 18.4 Å². The van der Waals surface area contributed by atoms with Crippen molar-refractivity contribution >= 4 is 11.8 Å². The molecule has 0 aliphatic rings. The van der Waals surface area contributed by atoms with Crippen molar-refractivity contribution < 1.29 is 14.3 Å². The van der Waals surface area contributed by atoms with E-state index in [2.05, 4.69) is 0 Å². The van der Waals surface area contributed by atoms with Crippen LogP contribution in [0.25, 0.3) is 0 Å². The Labute approximate surface area is 87.0 Å². The fraction of sp³-hybridized carbons (Fsp3) is 0.200. The molecule has 0 radical (unpaired) electrons. The van der Waals surface area contributed by atoms with Crippen LogP contribution in [0.2, 0.25) is 0 Å². The molecule has 15 heavy (non-hydrogen) atoms. The predicted molar refractivity (Wildman–Crippen MR) is 54.6 cm³/mol. The average molecular weight is 208 g/mol. The Hall–Kier alpha value is -2.04. The van der Waals surface area contributed by atoms with Crippen molar-refractivity contribution in [3.63, 3.8) is 0 Å². The summed E-state index contributed by atoms with van der Waals surface area (Å²) < 4.78 is 5.18. The van der Waals surface area contributed by atoms with Crippen LogP contribution < -0.4 is 16.2 Å². The van der Waals surface area contributed by atoms with Gasteiger partial charge in [0.25, 0.3) is 5.91 Å². The van der Waals surface area contributed by atoms with Crippen molar-refractivity contribution in [3.8, 4) is 5.75 Å². The van der Waals surface area contributed by atoms with Crippen LogP contribution in [0.3, 0.4) is 0 Å². The van der Waals surface area contributed by atoms with E-state index in [0.29, 0.717) is 6.61 Å². The molecule has 0 atom stereocenters. The minimum absolute atomic E-state index is 0.238. The van der Waals surface area contributed by atoms with Gasteiger partial charge >= 0.3 is 0 Å². The number of hydrogen-bond donors (Lipinski definition) is 2. The number of rotatable bonds is 4. The second-order valence-electron chi connectivity index (χ2n) is 2.87. The van der Waals surface area contributed by atoms with Crippen molar-refractivity contribution in [1.29, 1.82) is 0 Å². The summed E-state index contributed by atoms with van der Waals surface area (Å²) >= 11 is 0. The van der Waals surface area contributed by atoms with Crippen molar-refractivity contribution in [2.75, 3.05) is 6.61 Å². The highest BCUT2D eigenvalue weighted by molar-refractivity contribution is 5.99. The largest absolute Gasteiger partial charge is 0.493 e. The van der Waals surface area contributed by atoms with Crippen molar-refractivity contribution in [2.24, 2.45) is 11.5 Å². The molecule has 80 valence electrons. The molecule has 1 aromatic rings. The number of ether oxygens (including phenoxy) is 1. The molecule has 5 nitrogen and oxygen atoms in total. The van der Waals surface area contributed by atoms with Gasteiger partial charge in [0, 0.05) is 5.56 Å². The van der Waals surface area contributed by atoms with E-state index in [0.717, 1.165) is 0 Å². The summed E-state index contributed by atoms with van der Waals surface area (Å²) in [4.78, 5) is 21.9. The monoisotopic (exact) mass is 208 g/mol.